The van der Waals surface area contributed by atoms with Crippen LogP contribution in [0.3, 0.4) is 0 Å². The van der Waals surface area contributed by atoms with Crippen molar-refractivity contribution in [2.24, 2.45) is 11.7 Å². The molecule has 0 radical (unpaired) electrons. The minimum Gasteiger partial charge on any atom is -0.341 e. The maximum absolute atomic E-state index is 12.4. The van der Waals surface area contributed by atoms with Gasteiger partial charge in [-0.3, -0.25) is 4.79 Å². The second-order valence-corrected chi connectivity index (χ2v) is 6.05. The molecule has 0 aromatic heterocycles. The Hall–Kier alpha value is -0.570. The summed E-state index contributed by atoms with van der Waals surface area (Å²) in [6.07, 6.45) is 7.86. The van der Waals surface area contributed by atoms with Gasteiger partial charge in [0, 0.05) is 13.1 Å². The first kappa shape index (κ1) is 15.5. The number of amides is 1. The van der Waals surface area contributed by atoms with Crippen molar-refractivity contribution >= 4 is 5.91 Å². The average molecular weight is 254 g/mol. The van der Waals surface area contributed by atoms with E-state index < -0.39 is 5.54 Å². The van der Waals surface area contributed by atoms with Crippen molar-refractivity contribution in [2.75, 3.05) is 13.1 Å². The highest BCUT2D eigenvalue weighted by Crippen LogP contribution is 2.23. The normalized spacial score (nSPS) is 24.4. The second-order valence-electron chi connectivity index (χ2n) is 6.05. The van der Waals surface area contributed by atoms with Crippen molar-refractivity contribution in [3.8, 4) is 0 Å². The Morgan fingerprint density at radius 3 is 2.61 bits per heavy atom. The number of rotatable bonds is 5. The number of carbonyl (C=O) groups is 1. The van der Waals surface area contributed by atoms with Gasteiger partial charge in [-0.15, -0.1) is 0 Å². The third-order valence-electron chi connectivity index (χ3n) is 4.09. The van der Waals surface area contributed by atoms with Crippen LogP contribution in [0, 0.1) is 5.92 Å². The van der Waals surface area contributed by atoms with Crippen LogP contribution in [0.4, 0.5) is 0 Å². The second kappa shape index (κ2) is 7.13. The van der Waals surface area contributed by atoms with E-state index in [-0.39, 0.29) is 5.91 Å². The molecule has 106 valence electrons. The van der Waals surface area contributed by atoms with E-state index in [4.69, 9.17) is 5.73 Å². The Balaban J connectivity index is 2.54. The van der Waals surface area contributed by atoms with E-state index in [0.29, 0.717) is 0 Å². The zero-order valence-corrected chi connectivity index (χ0v) is 12.4. The first-order valence-electron chi connectivity index (χ1n) is 7.59. The summed E-state index contributed by atoms with van der Waals surface area (Å²) >= 11 is 0. The molecular weight excluding hydrogens is 224 g/mol. The lowest BCUT2D eigenvalue weighted by Gasteiger charge is -2.31. The van der Waals surface area contributed by atoms with E-state index in [1.54, 1.807) is 0 Å². The zero-order valence-electron chi connectivity index (χ0n) is 12.4. The van der Waals surface area contributed by atoms with Crippen LogP contribution in [0.1, 0.15) is 65.7 Å². The van der Waals surface area contributed by atoms with Gasteiger partial charge in [-0.25, -0.2) is 0 Å². The summed E-state index contributed by atoms with van der Waals surface area (Å²) in [5.41, 5.74) is 5.49. The van der Waals surface area contributed by atoms with Crippen LogP contribution in [-0.4, -0.2) is 29.4 Å². The van der Waals surface area contributed by atoms with Crippen LogP contribution in [0.5, 0.6) is 0 Å². The van der Waals surface area contributed by atoms with Gasteiger partial charge < -0.3 is 10.6 Å². The molecule has 3 nitrogen and oxygen atoms in total. The number of hydrogen-bond donors (Lipinski definition) is 1. The first-order valence-corrected chi connectivity index (χ1v) is 7.59. The summed E-state index contributed by atoms with van der Waals surface area (Å²) in [6, 6.07) is 0. The van der Waals surface area contributed by atoms with Gasteiger partial charge in [-0.2, -0.15) is 0 Å². The van der Waals surface area contributed by atoms with Gasteiger partial charge in [0.05, 0.1) is 5.54 Å². The minimum atomic E-state index is -0.667. The summed E-state index contributed by atoms with van der Waals surface area (Å²) in [6.45, 7) is 8.01. The molecule has 0 bridgehead atoms. The summed E-state index contributed by atoms with van der Waals surface area (Å²) in [4.78, 5) is 14.4. The molecule has 2 atom stereocenters. The smallest absolute Gasteiger partial charge is 0.242 e. The molecule has 3 heteroatoms. The van der Waals surface area contributed by atoms with Crippen LogP contribution in [-0.2, 0) is 4.79 Å². The first-order chi connectivity index (χ1) is 8.51. The van der Waals surface area contributed by atoms with Gasteiger partial charge in [-0.05, 0) is 38.5 Å². The lowest BCUT2D eigenvalue weighted by Crippen LogP contribution is -2.53. The fourth-order valence-electron chi connectivity index (χ4n) is 3.05. The molecule has 1 heterocycles. The number of carbonyl (C=O) groups excluding carboxylic acids is 1. The summed E-state index contributed by atoms with van der Waals surface area (Å²) in [5.74, 6) is 0.963. The molecule has 1 aliphatic heterocycles. The highest BCUT2D eigenvalue weighted by molar-refractivity contribution is 5.85. The Morgan fingerprint density at radius 2 is 2.00 bits per heavy atom. The molecule has 0 aromatic carbocycles. The molecular formula is C15H30N2O. The molecule has 1 rings (SSSR count). The number of hydrogen-bond acceptors (Lipinski definition) is 2. The molecule has 1 amide bonds. The van der Waals surface area contributed by atoms with Crippen LogP contribution >= 0.6 is 0 Å². The van der Waals surface area contributed by atoms with Gasteiger partial charge in [0.2, 0.25) is 5.91 Å². The van der Waals surface area contributed by atoms with Crippen molar-refractivity contribution in [1.82, 2.24) is 4.90 Å². The lowest BCUT2D eigenvalue weighted by molar-refractivity contribution is -0.136. The highest BCUT2D eigenvalue weighted by Gasteiger charge is 2.32. The molecule has 1 aliphatic rings. The minimum absolute atomic E-state index is 0.154. The molecule has 0 spiro atoms. The number of nitrogens with zero attached hydrogens (tertiary/aromatic N) is 1. The fraction of sp³-hybridized carbons (Fsp3) is 0.933. The van der Waals surface area contributed by atoms with Crippen LogP contribution in [0.15, 0.2) is 0 Å². The molecule has 2 N–H and O–H groups in total. The van der Waals surface area contributed by atoms with E-state index >= 15 is 0 Å². The third-order valence-corrected chi connectivity index (χ3v) is 4.09. The quantitative estimate of drug-likeness (QED) is 0.820. The molecule has 0 saturated carbocycles. The Bertz CT molecular complexity index is 263. The summed E-state index contributed by atoms with van der Waals surface area (Å²) in [5, 5.41) is 0. The largest absolute Gasteiger partial charge is 0.341 e. The molecule has 0 aliphatic carbocycles. The molecule has 1 fully saturated rings. The SMILES string of the molecule is CCCC1CCCN(C(=O)C(C)(N)CCC)CC1. The third kappa shape index (κ3) is 4.27. The Morgan fingerprint density at radius 1 is 1.28 bits per heavy atom. The Kier molecular flexibility index (Phi) is 6.13. The molecule has 2 unspecified atom stereocenters. The summed E-state index contributed by atoms with van der Waals surface area (Å²) < 4.78 is 0. The van der Waals surface area contributed by atoms with Crippen molar-refractivity contribution in [1.29, 1.82) is 0 Å². The molecule has 0 aromatic rings. The van der Waals surface area contributed by atoms with Gasteiger partial charge in [0.1, 0.15) is 0 Å². The maximum atomic E-state index is 12.4. The predicted molar refractivity (Wildman–Crippen MR) is 76.3 cm³/mol. The van der Waals surface area contributed by atoms with Gasteiger partial charge in [0.25, 0.3) is 0 Å². The standard InChI is InChI=1S/C15H30N2O/c1-4-7-13-8-6-11-17(12-9-13)14(18)15(3,16)10-5-2/h13H,4-12,16H2,1-3H3. The van der Waals surface area contributed by atoms with Gasteiger partial charge >= 0.3 is 0 Å². The van der Waals surface area contributed by atoms with Crippen molar-refractivity contribution in [2.45, 2.75) is 71.3 Å². The topological polar surface area (TPSA) is 46.3 Å². The van der Waals surface area contributed by atoms with Crippen LogP contribution in [0.2, 0.25) is 0 Å². The van der Waals surface area contributed by atoms with E-state index in [9.17, 15) is 4.79 Å². The van der Waals surface area contributed by atoms with Crippen molar-refractivity contribution in [3.63, 3.8) is 0 Å². The van der Waals surface area contributed by atoms with E-state index in [1.165, 1.54) is 19.3 Å². The maximum Gasteiger partial charge on any atom is 0.242 e. The van der Waals surface area contributed by atoms with Crippen molar-refractivity contribution < 1.29 is 4.79 Å². The number of nitrogens with two attached hydrogens (primary N) is 1. The monoisotopic (exact) mass is 254 g/mol. The van der Waals surface area contributed by atoms with Gasteiger partial charge in [-0.1, -0.05) is 33.1 Å². The van der Waals surface area contributed by atoms with Crippen molar-refractivity contribution in [3.05, 3.63) is 0 Å². The Labute approximate surface area is 112 Å². The van der Waals surface area contributed by atoms with Crippen LogP contribution < -0.4 is 5.73 Å². The molecule has 1 saturated heterocycles. The van der Waals surface area contributed by atoms with E-state index in [0.717, 1.165) is 44.7 Å². The zero-order chi connectivity index (χ0) is 13.6. The van der Waals surface area contributed by atoms with Gasteiger partial charge in [0.15, 0.2) is 0 Å². The predicted octanol–water partition coefficient (Wildman–Crippen LogP) is 2.93. The number of likely N-dealkylation sites (tertiary alicyclic amines) is 1. The lowest BCUT2D eigenvalue weighted by atomic mass is 9.95. The van der Waals surface area contributed by atoms with Crippen LogP contribution in [0.25, 0.3) is 0 Å². The average Bonchev–Trinajstić information content (AvgIpc) is 2.54. The van der Waals surface area contributed by atoms with E-state index in [1.807, 2.05) is 11.8 Å². The fourth-order valence-corrected chi connectivity index (χ4v) is 3.05. The molecule has 18 heavy (non-hydrogen) atoms. The summed E-state index contributed by atoms with van der Waals surface area (Å²) in [7, 11) is 0. The van der Waals surface area contributed by atoms with E-state index in [2.05, 4.69) is 13.8 Å². The highest BCUT2D eigenvalue weighted by atomic mass is 16.2.